The van der Waals surface area contributed by atoms with E-state index < -0.39 is 27.0 Å². The van der Waals surface area contributed by atoms with Crippen LogP contribution in [0.5, 0.6) is 0 Å². The van der Waals surface area contributed by atoms with E-state index in [1.54, 1.807) is 0 Å². The van der Waals surface area contributed by atoms with Gasteiger partial charge in [-0.15, -0.1) is 13.2 Å². The van der Waals surface area contributed by atoms with Crippen molar-refractivity contribution < 1.29 is 61.6 Å². The first-order valence-corrected chi connectivity index (χ1v) is 21.4. The van der Waals surface area contributed by atoms with Gasteiger partial charge in [-0.05, 0) is 56.7 Å². The Kier molecular flexibility index (Phi) is 33.4. The Labute approximate surface area is 334 Å². The van der Waals surface area contributed by atoms with Gasteiger partial charge in [0.15, 0.2) is 0 Å². The van der Waals surface area contributed by atoms with Crippen molar-refractivity contribution >= 4 is 22.1 Å². The number of hydrogen-bond donors (Lipinski definition) is 0. The number of allylic oxidation sites excluding steroid dienone is 2. The second-order valence-electron chi connectivity index (χ2n) is 13.8. The van der Waals surface area contributed by atoms with Crippen LogP contribution >= 0.6 is 0 Å². The molecule has 1 aromatic carbocycles. The van der Waals surface area contributed by atoms with Crippen LogP contribution in [0.3, 0.4) is 0 Å². The van der Waals surface area contributed by atoms with Crippen LogP contribution in [0, 0.1) is 0 Å². The number of esters is 2. The van der Waals surface area contributed by atoms with Gasteiger partial charge in [-0.3, -0.25) is 0 Å². The summed E-state index contributed by atoms with van der Waals surface area (Å²) in [6.07, 6.45) is 37.2. The van der Waals surface area contributed by atoms with Gasteiger partial charge >= 0.3 is 41.5 Å². The standard InChI is InChI=1S/C42H70O7S.Na/c1-3-5-7-9-11-13-15-17-19-21-23-25-27-29-31-35-48-41(43)39-34-33-38(50(45,46)47)37-40(39)42(44)49-36-32-30-28-26-24-22-20-18-16-14-12-10-8-6-4-2;/h3-4,33-34,37H,1-2,5-32,35-36H2,(H,45,46,47);/q;+1/p-1. The molecule has 0 atom stereocenters. The molecule has 1 rings (SSSR count). The molecule has 0 spiro atoms. The van der Waals surface area contributed by atoms with E-state index in [4.69, 9.17) is 9.47 Å². The van der Waals surface area contributed by atoms with Crippen LogP contribution in [0.15, 0.2) is 48.4 Å². The van der Waals surface area contributed by atoms with E-state index in [2.05, 4.69) is 13.2 Å². The molecule has 0 radical (unpaired) electrons. The van der Waals surface area contributed by atoms with E-state index in [0.29, 0.717) is 12.8 Å². The number of benzene rings is 1. The first kappa shape index (κ1) is 49.6. The van der Waals surface area contributed by atoms with Crippen molar-refractivity contribution in [3.05, 3.63) is 54.6 Å². The summed E-state index contributed by atoms with van der Waals surface area (Å²) in [6, 6.07) is 3.12. The number of carbonyl (C=O) groups excluding carboxylic acids is 2. The van der Waals surface area contributed by atoms with Crippen LogP contribution in [0.2, 0.25) is 0 Å². The van der Waals surface area contributed by atoms with Crippen molar-refractivity contribution in [3.8, 4) is 0 Å². The molecule has 286 valence electrons. The maximum absolute atomic E-state index is 12.9. The molecule has 0 saturated heterocycles. The molecule has 0 heterocycles. The molecule has 0 amide bonds. The summed E-state index contributed by atoms with van der Waals surface area (Å²) in [7, 11) is -4.81. The Hall–Kier alpha value is -1.45. The van der Waals surface area contributed by atoms with Gasteiger partial charge < -0.3 is 14.0 Å². The summed E-state index contributed by atoms with van der Waals surface area (Å²) >= 11 is 0. The third-order valence-corrected chi connectivity index (χ3v) is 10.1. The molecule has 0 aliphatic carbocycles. The zero-order chi connectivity index (χ0) is 36.5. The van der Waals surface area contributed by atoms with Crippen molar-refractivity contribution in [2.75, 3.05) is 13.2 Å². The predicted octanol–water partition coefficient (Wildman–Crippen LogP) is 9.20. The predicted molar refractivity (Wildman–Crippen MR) is 205 cm³/mol. The summed E-state index contributed by atoms with van der Waals surface area (Å²) in [5.74, 6) is -1.55. The second kappa shape index (κ2) is 34.3. The topological polar surface area (TPSA) is 110 Å². The average molecular weight is 741 g/mol. The molecule has 51 heavy (non-hydrogen) atoms. The smallest absolute Gasteiger partial charge is 0.744 e. The van der Waals surface area contributed by atoms with E-state index >= 15 is 0 Å². The maximum Gasteiger partial charge on any atom is 1.00 e. The minimum absolute atomic E-state index is 0. The van der Waals surface area contributed by atoms with Gasteiger partial charge in [0, 0.05) is 0 Å². The van der Waals surface area contributed by atoms with Crippen LogP contribution in [0.4, 0.5) is 0 Å². The van der Waals surface area contributed by atoms with Crippen LogP contribution in [0.25, 0.3) is 0 Å². The average Bonchev–Trinajstić information content (AvgIpc) is 3.10. The zero-order valence-corrected chi connectivity index (χ0v) is 35.1. The third kappa shape index (κ3) is 27.8. The third-order valence-electron chi connectivity index (χ3n) is 9.29. The fourth-order valence-electron chi connectivity index (χ4n) is 6.18. The minimum atomic E-state index is -4.81. The summed E-state index contributed by atoms with van der Waals surface area (Å²) in [5.41, 5.74) is -0.344. The first-order valence-electron chi connectivity index (χ1n) is 20.0. The molecule has 0 unspecified atom stereocenters. The van der Waals surface area contributed by atoms with E-state index in [1.807, 2.05) is 12.2 Å². The van der Waals surface area contributed by atoms with Crippen molar-refractivity contribution in [2.45, 2.75) is 185 Å². The van der Waals surface area contributed by atoms with Gasteiger partial charge in [0.2, 0.25) is 0 Å². The van der Waals surface area contributed by atoms with Gasteiger partial charge in [-0.1, -0.05) is 153 Å². The van der Waals surface area contributed by atoms with Crippen molar-refractivity contribution in [1.29, 1.82) is 0 Å². The molecular weight excluding hydrogens is 672 g/mol. The van der Waals surface area contributed by atoms with Crippen LogP contribution in [-0.4, -0.2) is 38.1 Å². The summed E-state index contributed by atoms with van der Waals surface area (Å²) in [4.78, 5) is 25.1. The van der Waals surface area contributed by atoms with Crippen molar-refractivity contribution in [1.82, 2.24) is 0 Å². The van der Waals surface area contributed by atoms with E-state index in [9.17, 15) is 22.6 Å². The summed E-state index contributed by atoms with van der Waals surface area (Å²) in [6.45, 7) is 7.90. The summed E-state index contributed by atoms with van der Waals surface area (Å²) < 4.78 is 45.6. The van der Waals surface area contributed by atoms with E-state index in [0.717, 1.165) is 69.6 Å². The number of unbranched alkanes of at least 4 members (excludes halogenated alkanes) is 26. The van der Waals surface area contributed by atoms with Gasteiger partial charge in [0.1, 0.15) is 10.1 Å². The van der Waals surface area contributed by atoms with Crippen LogP contribution < -0.4 is 29.6 Å². The Morgan fingerprint density at radius 3 is 1.12 bits per heavy atom. The molecule has 7 nitrogen and oxygen atoms in total. The van der Waals surface area contributed by atoms with Gasteiger partial charge in [0.25, 0.3) is 0 Å². The largest absolute Gasteiger partial charge is 1.00 e. The first-order chi connectivity index (χ1) is 24.3. The normalized spacial score (nSPS) is 11.2. The van der Waals surface area contributed by atoms with Gasteiger partial charge in [0.05, 0.1) is 29.2 Å². The molecule has 0 aliphatic rings. The Balaban J connectivity index is 0.0000250. The molecular formula is C42H69NaO7S. The number of ether oxygens (including phenoxy) is 2. The molecule has 1 aromatic rings. The van der Waals surface area contributed by atoms with Crippen LogP contribution in [-0.2, 0) is 19.6 Å². The number of hydrogen-bond acceptors (Lipinski definition) is 7. The molecule has 0 fully saturated rings. The van der Waals surface area contributed by atoms with Crippen LogP contribution in [0.1, 0.15) is 200 Å². The molecule has 0 aromatic heterocycles. The molecule has 0 saturated carbocycles. The van der Waals surface area contributed by atoms with E-state index in [-0.39, 0.29) is 53.9 Å². The minimum Gasteiger partial charge on any atom is -0.744 e. The fraction of sp³-hybridized carbons (Fsp3) is 0.714. The Bertz CT molecular complexity index is 1150. The van der Waals surface area contributed by atoms with Crippen molar-refractivity contribution in [2.24, 2.45) is 0 Å². The van der Waals surface area contributed by atoms with Gasteiger partial charge in [-0.25, -0.2) is 18.0 Å². The molecule has 0 N–H and O–H groups in total. The zero-order valence-electron chi connectivity index (χ0n) is 32.3. The van der Waals surface area contributed by atoms with Gasteiger partial charge in [-0.2, -0.15) is 0 Å². The monoisotopic (exact) mass is 740 g/mol. The molecule has 0 aliphatic heterocycles. The molecule has 9 heteroatoms. The Morgan fingerprint density at radius 2 is 0.804 bits per heavy atom. The fourth-order valence-corrected chi connectivity index (χ4v) is 6.68. The quantitative estimate of drug-likeness (QED) is 0.0224. The Morgan fingerprint density at radius 1 is 0.510 bits per heavy atom. The molecule has 0 bridgehead atoms. The van der Waals surface area contributed by atoms with E-state index in [1.165, 1.54) is 116 Å². The SMILES string of the molecule is C=CCCCCCCCCCCCCCCCOC(=O)c1ccc(S(=O)(=O)[O-])cc1C(=O)OCCCCCCCCCCCCCCCC=C.[Na+]. The summed E-state index contributed by atoms with van der Waals surface area (Å²) in [5, 5.41) is 0. The van der Waals surface area contributed by atoms with Crippen molar-refractivity contribution in [3.63, 3.8) is 0 Å². The number of rotatable bonds is 35. The maximum atomic E-state index is 12.9. The number of carbonyl (C=O) groups is 2. The second-order valence-corrected chi connectivity index (χ2v) is 15.2.